The van der Waals surface area contributed by atoms with E-state index in [4.69, 9.17) is 16.3 Å². The smallest absolute Gasteiger partial charge is 0.261 e. The molecule has 1 fully saturated rings. The van der Waals surface area contributed by atoms with E-state index >= 15 is 0 Å². The third-order valence-electron chi connectivity index (χ3n) is 4.62. The highest BCUT2D eigenvalue weighted by Crippen LogP contribution is 2.30. The average molecular weight is 415 g/mol. The third kappa shape index (κ3) is 4.59. The van der Waals surface area contributed by atoms with E-state index in [1.165, 1.54) is 4.90 Å². The number of amides is 3. The second-order valence-corrected chi connectivity index (χ2v) is 8.24. The largest absolute Gasteiger partial charge is 0.484 e. The Morgan fingerprint density at radius 3 is 2.31 bits per heavy atom. The van der Waals surface area contributed by atoms with Crippen molar-refractivity contribution in [2.45, 2.75) is 38.8 Å². The monoisotopic (exact) mass is 414 g/mol. The zero-order valence-electron chi connectivity index (χ0n) is 16.6. The van der Waals surface area contributed by atoms with Gasteiger partial charge >= 0.3 is 0 Å². The summed E-state index contributed by atoms with van der Waals surface area (Å²) in [7, 11) is 0. The van der Waals surface area contributed by atoms with E-state index in [1.54, 1.807) is 36.4 Å². The van der Waals surface area contributed by atoms with Gasteiger partial charge in [0.2, 0.25) is 5.91 Å². The first kappa shape index (κ1) is 20.9. The van der Waals surface area contributed by atoms with Crippen LogP contribution in [0, 0.1) is 0 Å². The van der Waals surface area contributed by atoms with Crippen molar-refractivity contribution in [2.24, 2.45) is 0 Å². The molecule has 1 unspecified atom stereocenters. The fourth-order valence-corrected chi connectivity index (χ4v) is 3.55. The van der Waals surface area contributed by atoms with Crippen LogP contribution in [0.4, 0.5) is 5.69 Å². The van der Waals surface area contributed by atoms with Crippen LogP contribution in [-0.2, 0) is 14.4 Å². The number of ether oxygens (including phenoxy) is 1. The Morgan fingerprint density at radius 1 is 1.10 bits per heavy atom. The van der Waals surface area contributed by atoms with Crippen LogP contribution >= 0.6 is 11.6 Å². The van der Waals surface area contributed by atoms with E-state index in [-0.39, 0.29) is 24.8 Å². The topological polar surface area (TPSA) is 66.9 Å². The second-order valence-electron chi connectivity index (χ2n) is 7.80. The molecule has 1 heterocycles. The Morgan fingerprint density at radius 2 is 1.72 bits per heavy atom. The van der Waals surface area contributed by atoms with Gasteiger partial charge in [-0.15, -0.1) is 0 Å². The summed E-state index contributed by atoms with van der Waals surface area (Å²) >= 11 is 5.90. The summed E-state index contributed by atoms with van der Waals surface area (Å²) in [4.78, 5) is 41.3. The lowest BCUT2D eigenvalue weighted by atomic mass is 10.0. The molecule has 0 saturated carbocycles. The maximum absolute atomic E-state index is 13.1. The number of benzene rings is 2. The van der Waals surface area contributed by atoms with Crippen molar-refractivity contribution in [3.05, 3.63) is 59.6 Å². The fraction of sp³-hybridized carbons (Fsp3) is 0.318. The summed E-state index contributed by atoms with van der Waals surface area (Å²) in [5.41, 5.74) is -0.234. The van der Waals surface area contributed by atoms with Gasteiger partial charge in [0.15, 0.2) is 6.61 Å². The number of nitrogens with zero attached hydrogens (tertiary/aromatic N) is 2. The minimum absolute atomic E-state index is 0.0736. The molecule has 1 saturated heterocycles. The van der Waals surface area contributed by atoms with Crippen LogP contribution in [0.25, 0.3) is 0 Å². The van der Waals surface area contributed by atoms with Gasteiger partial charge in [-0.1, -0.05) is 29.8 Å². The van der Waals surface area contributed by atoms with E-state index in [0.717, 1.165) is 4.90 Å². The summed E-state index contributed by atoms with van der Waals surface area (Å²) in [5, 5.41) is 0.508. The van der Waals surface area contributed by atoms with E-state index in [1.807, 2.05) is 39.0 Å². The van der Waals surface area contributed by atoms with E-state index < -0.39 is 17.5 Å². The van der Waals surface area contributed by atoms with Crippen LogP contribution in [0.2, 0.25) is 5.02 Å². The molecule has 0 radical (unpaired) electrons. The van der Waals surface area contributed by atoms with Crippen LogP contribution in [0.15, 0.2) is 54.6 Å². The first-order valence-corrected chi connectivity index (χ1v) is 9.68. The number of imide groups is 1. The normalized spacial score (nSPS) is 16.8. The van der Waals surface area contributed by atoms with Gasteiger partial charge in [0.1, 0.15) is 11.8 Å². The number of para-hydroxylation sites is 1. The quantitative estimate of drug-likeness (QED) is 0.700. The second kappa shape index (κ2) is 8.25. The van der Waals surface area contributed by atoms with Crippen LogP contribution in [0.3, 0.4) is 0 Å². The molecule has 2 aromatic carbocycles. The lowest BCUT2D eigenvalue weighted by Crippen LogP contribution is -2.55. The minimum Gasteiger partial charge on any atom is -0.484 e. The van der Waals surface area contributed by atoms with Crippen molar-refractivity contribution in [1.82, 2.24) is 4.90 Å². The number of hydrogen-bond acceptors (Lipinski definition) is 4. The Labute approximate surface area is 175 Å². The summed E-state index contributed by atoms with van der Waals surface area (Å²) < 4.78 is 5.57. The standard InChI is InChI=1S/C22H23ClN2O4/c1-22(2,3)25(20(27)14-29-17-7-5-4-6-8-17)18-13-19(26)24(21(18)28)16-11-9-15(23)10-12-16/h4-12,18H,13-14H2,1-3H3. The van der Waals surface area contributed by atoms with Crippen molar-refractivity contribution in [2.75, 3.05) is 11.5 Å². The number of anilines is 1. The van der Waals surface area contributed by atoms with Crippen molar-refractivity contribution in [3.63, 3.8) is 0 Å². The number of rotatable bonds is 5. The molecule has 0 aromatic heterocycles. The van der Waals surface area contributed by atoms with Crippen LogP contribution in [-0.4, -0.2) is 40.8 Å². The fourth-order valence-electron chi connectivity index (χ4n) is 3.43. The SMILES string of the molecule is CC(C)(C)N(C(=O)COc1ccccc1)C1CC(=O)N(c2ccc(Cl)cc2)C1=O. The molecule has 7 heteroatoms. The molecule has 6 nitrogen and oxygen atoms in total. The summed E-state index contributed by atoms with van der Waals surface area (Å²) in [5.74, 6) is -0.578. The van der Waals surface area contributed by atoms with Gasteiger partial charge in [-0.05, 0) is 57.2 Å². The third-order valence-corrected chi connectivity index (χ3v) is 4.87. The molecular formula is C22H23ClN2O4. The van der Waals surface area contributed by atoms with Gasteiger partial charge in [-0.3, -0.25) is 14.4 Å². The average Bonchev–Trinajstić information content (AvgIpc) is 2.95. The Balaban J connectivity index is 1.81. The van der Waals surface area contributed by atoms with Gasteiger partial charge in [0.25, 0.3) is 11.8 Å². The molecule has 2 aromatic rings. The van der Waals surface area contributed by atoms with Crippen LogP contribution in [0.5, 0.6) is 5.75 Å². The molecule has 29 heavy (non-hydrogen) atoms. The first-order chi connectivity index (χ1) is 13.7. The van der Waals surface area contributed by atoms with E-state index in [0.29, 0.717) is 16.5 Å². The molecule has 1 aliphatic heterocycles. The molecule has 1 aliphatic rings. The van der Waals surface area contributed by atoms with Crippen molar-refractivity contribution in [1.29, 1.82) is 0 Å². The number of carbonyl (C=O) groups is 3. The van der Waals surface area contributed by atoms with Crippen molar-refractivity contribution >= 4 is 35.0 Å². The number of halogens is 1. The molecule has 0 bridgehead atoms. The predicted molar refractivity (Wildman–Crippen MR) is 111 cm³/mol. The summed E-state index contributed by atoms with van der Waals surface area (Å²) in [6, 6.07) is 14.5. The Bertz CT molecular complexity index is 907. The molecule has 1 atom stereocenters. The maximum Gasteiger partial charge on any atom is 0.261 e. The molecular weight excluding hydrogens is 392 g/mol. The zero-order valence-corrected chi connectivity index (χ0v) is 17.3. The summed E-state index contributed by atoms with van der Waals surface area (Å²) in [6.45, 7) is 5.27. The Hall–Kier alpha value is -2.86. The number of carbonyl (C=O) groups excluding carboxylic acids is 3. The maximum atomic E-state index is 13.1. The first-order valence-electron chi connectivity index (χ1n) is 9.31. The van der Waals surface area contributed by atoms with Crippen LogP contribution < -0.4 is 9.64 Å². The van der Waals surface area contributed by atoms with Gasteiger partial charge in [-0.2, -0.15) is 0 Å². The predicted octanol–water partition coefficient (Wildman–Crippen LogP) is 3.68. The minimum atomic E-state index is -0.884. The molecule has 3 rings (SSSR count). The molecule has 152 valence electrons. The molecule has 3 amide bonds. The van der Waals surface area contributed by atoms with Gasteiger partial charge in [-0.25, -0.2) is 4.90 Å². The highest BCUT2D eigenvalue weighted by molar-refractivity contribution is 6.30. The van der Waals surface area contributed by atoms with E-state index in [9.17, 15) is 14.4 Å². The van der Waals surface area contributed by atoms with Crippen LogP contribution in [0.1, 0.15) is 27.2 Å². The lowest BCUT2D eigenvalue weighted by Gasteiger charge is -2.39. The highest BCUT2D eigenvalue weighted by atomic mass is 35.5. The summed E-state index contributed by atoms with van der Waals surface area (Å²) in [6.07, 6.45) is -0.0736. The molecule has 0 N–H and O–H groups in total. The molecule has 0 aliphatic carbocycles. The van der Waals surface area contributed by atoms with Crippen molar-refractivity contribution < 1.29 is 19.1 Å². The van der Waals surface area contributed by atoms with Gasteiger partial charge in [0, 0.05) is 10.6 Å². The van der Waals surface area contributed by atoms with Crippen molar-refractivity contribution in [3.8, 4) is 5.75 Å². The van der Waals surface area contributed by atoms with Gasteiger partial charge in [0.05, 0.1) is 12.1 Å². The Kier molecular flexibility index (Phi) is 5.94. The lowest BCUT2D eigenvalue weighted by molar-refractivity contribution is -0.145. The van der Waals surface area contributed by atoms with E-state index in [2.05, 4.69) is 0 Å². The van der Waals surface area contributed by atoms with Gasteiger partial charge < -0.3 is 9.64 Å². The molecule has 0 spiro atoms. The highest BCUT2D eigenvalue weighted by Gasteiger charge is 2.47. The zero-order chi connectivity index (χ0) is 21.2. The number of hydrogen-bond donors (Lipinski definition) is 0.